The van der Waals surface area contributed by atoms with Crippen LogP contribution in [0.4, 0.5) is 0 Å². The fourth-order valence-corrected chi connectivity index (χ4v) is 1.80. The predicted molar refractivity (Wildman–Crippen MR) is 64.3 cm³/mol. The van der Waals surface area contributed by atoms with Gasteiger partial charge in [0.2, 0.25) is 0 Å². The molecule has 1 heterocycles. The molecule has 0 unspecified atom stereocenters. The minimum Gasteiger partial charge on any atom is -0.314 e. The normalized spacial score (nSPS) is 10.9. The molecule has 0 spiro atoms. The number of aromatic nitrogens is 1. The lowest BCUT2D eigenvalue weighted by atomic mass is 10.1. The molecule has 3 heteroatoms. The Balaban J connectivity index is 2.61. The summed E-state index contributed by atoms with van der Waals surface area (Å²) in [6, 6.07) is 7.93. The second-order valence-electron chi connectivity index (χ2n) is 3.62. The Morgan fingerprint density at radius 3 is 2.87 bits per heavy atom. The van der Waals surface area contributed by atoms with Crippen LogP contribution >= 0.6 is 11.6 Å². The Morgan fingerprint density at radius 2 is 2.13 bits per heavy atom. The van der Waals surface area contributed by atoms with Crippen LogP contribution in [0.2, 0.25) is 5.02 Å². The molecule has 0 bridgehead atoms. The SMILES string of the molecule is CNCc1nc2cc(Cl)ccc2cc1C. The van der Waals surface area contributed by atoms with Crippen LogP contribution in [0.25, 0.3) is 10.9 Å². The van der Waals surface area contributed by atoms with Crippen LogP contribution in [0.5, 0.6) is 0 Å². The van der Waals surface area contributed by atoms with Gasteiger partial charge in [0.05, 0.1) is 11.2 Å². The minimum atomic E-state index is 0.731. The van der Waals surface area contributed by atoms with E-state index < -0.39 is 0 Å². The smallest absolute Gasteiger partial charge is 0.0720 e. The van der Waals surface area contributed by atoms with Gasteiger partial charge in [-0.25, -0.2) is 0 Å². The van der Waals surface area contributed by atoms with E-state index in [1.54, 1.807) is 0 Å². The maximum Gasteiger partial charge on any atom is 0.0720 e. The van der Waals surface area contributed by atoms with Crippen LogP contribution in [0.15, 0.2) is 24.3 Å². The summed E-state index contributed by atoms with van der Waals surface area (Å²) in [6.07, 6.45) is 0. The van der Waals surface area contributed by atoms with Gasteiger partial charge in [-0.2, -0.15) is 0 Å². The summed E-state index contributed by atoms with van der Waals surface area (Å²) < 4.78 is 0. The van der Waals surface area contributed by atoms with Gasteiger partial charge >= 0.3 is 0 Å². The zero-order valence-corrected chi connectivity index (χ0v) is 9.60. The summed E-state index contributed by atoms with van der Waals surface area (Å²) in [7, 11) is 1.92. The molecule has 1 aromatic carbocycles. The van der Waals surface area contributed by atoms with Crippen LogP contribution in [-0.2, 0) is 6.54 Å². The van der Waals surface area contributed by atoms with E-state index in [2.05, 4.69) is 23.3 Å². The molecule has 2 rings (SSSR count). The molecule has 0 saturated carbocycles. The number of hydrogen-bond acceptors (Lipinski definition) is 2. The van der Waals surface area contributed by atoms with Gasteiger partial charge in [0.15, 0.2) is 0 Å². The van der Waals surface area contributed by atoms with Gasteiger partial charge in [-0.3, -0.25) is 4.98 Å². The third-order valence-corrected chi connectivity index (χ3v) is 2.65. The van der Waals surface area contributed by atoms with Gasteiger partial charge in [-0.05, 0) is 37.7 Å². The van der Waals surface area contributed by atoms with Crippen LogP contribution in [0.3, 0.4) is 0 Å². The second kappa shape index (κ2) is 4.17. The van der Waals surface area contributed by atoms with Gasteiger partial charge in [-0.15, -0.1) is 0 Å². The van der Waals surface area contributed by atoms with E-state index in [1.165, 1.54) is 5.56 Å². The van der Waals surface area contributed by atoms with E-state index in [0.29, 0.717) is 0 Å². The van der Waals surface area contributed by atoms with E-state index >= 15 is 0 Å². The number of rotatable bonds is 2. The molecule has 2 nitrogen and oxygen atoms in total. The molecular weight excluding hydrogens is 208 g/mol. The summed E-state index contributed by atoms with van der Waals surface area (Å²) >= 11 is 5.93. The maximum atomic E-state index is 5.93. The van der Waals surface area contributed by atoms with E-state index in [9.17, 15) is 0 Å². The van der Waals surface area contributed by atoms with Gasteiger partial charge < -0.3 is 5.32 Å². The van der Waals surface area contributed by atoms with E-state index in [1.807, 2.05) is 25.2 Å². The second-order valence-corrected chi connectivity index (χ2v) is 4.06. The van der Waals surface area contributed by atoms with Crippen molar-refractivity contribution in [2.24, 2.45) is 0 Å². The number of aryl methyl sites for hydroxylation is 1. The van der Waals surface area contributed by atoms with Crippen molar-refractivity contribution in [3.05, 3.63) is 40.5 Å². The first-order chi connectivity index (χ1) is 7.20. The molecule has 78 valence electrons. The lowest BCUT2D eigenvalue weighted by Gasteiger charge is -2.06. The third-order valence-electron chi connectivity index (χ3n) is 2.42. The van der Waals surface area contributed by atoms with E-state index in [4.69, 9.17) is 11.6 Å². The molecule has 1 aromatic heterocycles. The molecule has 0 aliphatic carbocycles. The Morgan fingerprint density at radius 1 is 1.33 bits per heavy atom. The Bertz CT molecular complexity index is 494. The van der Waals surface area contributed by atoms with Gasteiger partial charge in [0.1, 0.15) is 0 Å². The average molecular weight is 221 g/mol. The van der Waals surface area contributed by atoms with Crippen molar-refractivity contribution < 1.29 is 0 Å². The number of benzene rings is 1. The molecular formula is C12H13ClN2. The molecule has 0 atom stereocenters. The van der Waals surface area contributed by atoms with Gasteiger partial charge in [0, 0.05) is 17.0 Å². The monoisotopic (exact) mass is 220 g/mol. The fraction of sp³-hybridized carbons (Fsp3) is 0.250. The molecule has 0 saturated heterocycles. The highest BCUT2D eigenvalue weighted by Crippen LogP contribution is 2.20. The number of pyridine rings is 1. The first kappa shape index (κ1) is 10.4. The fourth-order valence-electron chi connectivity index (χ4n) is 1.63. The number of nitrogens with zero attached hydrogens (tertiary/aromatic N) is 1. The number of nitrogens with one attached hydrogen (secondary N) is 1. The summed E-state index contributed by atoms with van der Waals surface area (Å²) in [6.45, 7) is 2.86. The average Bonchev–Trinajstić information content (AvgIpc) is 2.20. The van der Waals surface area contributed by atoms with Crippen molar-refractivity contribution in [2.75, 3.05) is 7.05 Å². The summed E-state index contributed by atoms with van der Waals surface area (Å²) in [5.74, 6) is 0. The zero-order chi connectivity index (χ0) is 10.8. The van der Waals surface area contributed by atoms with Gasteiger partial charge in [0.25, 0.3) is 0 Å². The van der Waals surface area contributed by atoms with E-state index in [0.717, 1.165) is 28.2 Å². The molecule has 0 aliphatic rings. The van der Waals surface area contributed by atoms with Crippen LogP contribution in [0.1, 0.15) is 11.3 Å². The molecule has 0 amide bonds. The number of fused-ring (bicyclic) bond motifs is 1. The van der Waals surface area contributed by atoms with Crippen molar-refractivity contribution in [2.45, 2.75) is 13.5 Å². The molecule has 15 heavy (non-hydrogen) atoms. The lowest BCUT2D eigenvalue weighted by Crippen LogP contribution is -2.08. The summed E-state index contributed by atoms with van der Waals surface area (Å²) in [5, 5.41) is 4.98. The molecule has 0 fully saturated rings. The highest BCUT2D eigenvalue weighted by molar-refractivity contribution is 6.31. The van der Waals surface area contributed by atoms with Crippen LogP contribution < -0.4 is 5.32 Å². The Labute approximate surface area is 94.3 Å². The maximum absolute atomic E-state index is 5.93. The lowest BCUT2D eigenvalue weighted by molar-refractivity contribution is 0.789. The van der Waals surface area contributed by atoms with Crippen molar-refractivity contribution in [3.8, 4) is 0 Å². The Hall–Kier alpha value is -1.12. The first-order valence-corrected chi connectivity index (χ1v) is 5.29. The highest BCUT2D eigenvalue weighted by Gasteiger charge is 2.02. The predicted octanol–water partition coefficient (Wildman–Crippen LogP) is 2.92. The summed E-state index contributed by atoms with van der Waals surface area (Å²) in [5.41, 5.74) is 3.24. The number of halogens is 1. The first-order valence-electron chi connectivity index (χ1n) is 4.91. The minimum absolute atomic E-state index is 0.731. The number of hydrogen-bond donors (Lipinski definition) is 1. The molecule has 0 radical (unpaired) electrons. The zero-order valence-electron chi connectivity index (χ0n) is 8.84. The standard InChI is InChI=1S/C12H13ClN2/c1-8-5-9-3-4-10(13)6-11(9)15-12(8)7-14-2/h3-6,14H,7H2,1-2H3. The third kappa shape index (κ3) is 2.11. The molecule has 2 aromatic rings. The Kier molecular flexibility index (Phi) is 2.89. The van der Waals surface area contributed by atoms with Crippen molar-refractivity contribution in [1.82, 2.24) is 10.3 Å². The topological polar surface area (TPSA) is 24.9 Å². The summed E-state index contributed by atoms with van der Waals surface area (Å²) in [4.78, 5) is 4.58. The van der Waals surface area contributed by atoms with Gasteiger partial charge in [-0.1, -0.05) is 17.7 Å². The van der Waals surface area contributed by atoms with Crippen LogP contribution in [-0.4, -0.2) is 12.0 Å². The van der Waals surface area contributed by atoms with Crippen molar-refractivity contribution >= 4 is 22.5 Å². The highest BCUT2D eigenvalue weighted by atomic mass is 35.5. The molecule has 1 N–H and O–H groups in total. The van der Waals surface area contributed by atoms with Crippen LogP contribution in [0, 0.1) is 6.92 Å². The van der Waals surface area contributed by atoms with E-state index in [-0.39, 0.29) is 0 Å². The van der Waals surface area contributed by atoms with Crippen molar-refractivity contribution in [1.29, 1.82) is 0 Å². The largest absolute Gasteiger partial charge is 0.314 e. The van der Waals surface area contributed by atoms with Crippen molar-refractivity contribution in [3.63, 3.8) is 0 Å². The molecule has 0 aliphatic heterocycles. The quantitative estimate of drug-likeness (QED) is 0.842.